The third-order valence-electron chi connectivity index (χ3n) is 5.12. The lowest BCUT2D eigenvalue weighted by molar-refractivity contribution is 0.177. The summed E-state index contributed by atoms with van der Waals surface area (Å²) >= 11 is 0. The van der Waals surface area contributed by atoms with Gasteiger partial charge in [0, 0.05) is 53.8 Å². The Morgan fingerprint density at radius 3 is 2.88 bits per heavy atom. The average molecular weight is 491 g/mol. The molecule has 182 valence electrons. The summed E-state index contributed by atoms with van der Waals surface area (Å²) < 4.78 is 57.5. The smallest absolute Gasteiger partial charge is 0.227 e. The topological polar surface area (TPSA) is 85.7 Å². The highest BCUT2D eigenvalue weighted by molar-refractivity contribution is 7.92. The number of benzene rings is 2. The molecule has 1 aromatic heterocycles. The molecule has 2 unspecified atom stereocenters. The van der Waals surface area contributed by atoms with Crippen molar-refractivity contribution in [2.75, 3.05) is 24.7 Å². The molecule has 2 atom stereocenters. The first-order chi connectivity index (χ1) is 16.2. The lowest BCUT2D eigenvalue weighted by Crippen LogP contribution is -2.17. The molecule has 0 saturated carbocycles. The zero-order valence-electron chi connectivity index (χ0n) is 19.2. The molecule has 4 rings (SSSR count). The third-order valence-corrected chi connectivity index (χ3v) is 6.79. The molecule has 1 aliphatic heterocycles. The van der Waals surface area contributed by atoms with Crippen LogP contribution in [0.2, 0.25) is 0 Å². The number of fused-ring (bicyclic) bond motifs is 6. The second-order valence-corrected chi connectivity index (χ2v) is 10.6. The van der Waals surface area contributed by atoms with Crippen LogP contribution in [0.4, 0.5) is 20.4 Å². The molecule has 7 nitrogen and oxygen atoms in total. The Morgan fingerprint density at radius 2 is 2.09 bits per heavy atom. The van der Waals surface area contributed by atoms with E-state index in [2.05, 4.69) is 19.6 Å². The van der Waals surface area contributed by atoms with Gasteiger partial charge in [0.15, 0.2) is 5.82 Å². The van der Waals surface area contributed by atoms with Crippen LogP contribution in [0.5, 0.6) is 11.5 Å². The molecule has 0 fully saturated rings. The summed E-state index contributed by atoms with van der Waals surface area (Å²) in [6.07, 6.45) is 2.93. The van der Waals surface area contributed by atoms with Gasteiger partial charge in [0.25, 0.3) is 0 Å². The van der Waals surface area contributed by atoms with Gasteiger partial charge in [0.1, 0.15) is 23.0 Å². The first-order valence-electron chi connectivity index (χ1n) is 10.9. The maximum absolute atomic E-state index is 14.7. The summed E-state index contributed by atoms with van der Waals surface area (Å²) in [5.74, 6) is -0.0288. The Bertz CT molecular complexity index is 1330. The van der Waals surface area contributed by atoms with Crippen LogP contribution in [0.25, 0.3) is 11.3 Å². The zero-order valence-corrected chi connectivity index (χ0v) is 20.0. The van der Waals surface area contributed by atoms with E-state index in [1.165, 1.54) is 18.2 Å². The minimum Gasteiger partial charge on any atom is -0.493 e. The number of hydrogen-bond donors (Lipinski definition) is 1. The van der Waals surface area contributed by atoms with Gasteiger partial charge in [0.05, 0.1) is 24.7 Å². The fourth-order valence-electron chi connectivity index (χ4n) is 3.69. The van der Waals surface area contributed by atoms with E-state index < -0.39 is 21.4 Å². The van der Waals surface area contributed by atoms with E-state index in [9.17, 15) is 13.0 Å². The van der Waals surface area contributed by atoms with E-state index in [-0.39, 0.29) is 37.3 Å². The Kier molecular flexibility index (Phi) is 6.97. The summed E-state index contributed by atoms with van der Waals surface area (Å²) in [6, 6.07) is 9.28. The van der Waals surface area contributed by atoms with E-state index in [4.69, 9.17) is 9.47 Å². The molecule has 0 spiro atoms. The number of nitrogens with one attached hydrogen (secondary N) is 1. The monoisotopic (exact) mass is 490 g/mol. The predicted molar refractivity (Wildman–Crippen MR) is 130 cm³/mol. The van der Waals surface area contributed by atoms with Crippen molar-refractivity contribution in [2.24, 2.45) is 4.36 Å². The van der Waals surface area contributed by atoms with Crippen molar-refractivity contribution < 1.29 is 23.9 Å². The van der Waals surface area contributed by atoms with Gasteiger partial charge in [-0.1, -0.05) is 0 Å². The number of rotatable bonds is 3. The quantitative estimate of drug-likeness (QED) is 0.516. The van der Waals surface area contributed by atoms with Crippen molar-refractivity contribution in [2.45, 2.75) is 32.1 Å². The second-order valence-electron chi connectivity index (χ2n) is 8.14. The van der Waals surface area contributed by atoms with Crippen molar-refractivity contribution in [1.29, 1.82) is 0 Å². The lowest BCUT2D eigenvalue weighted by Gasteiger charge is -2.19. The van der Waals surface area contributed by atoms with E-state index in [0.717, 1.165) is 11.8 Å². The molecule has 1 N–H and O–H groups in total. The number of hydrogen-bond acceptors (Lipinski definition) is 7. The van der Waals surface area contributed by atoms with Crippen LogP contribution < -0.4 is 14.8 Å². The molecule has 4 bridgehead atoms. The van der Waals surface area contributed by atoms with Gasteiger partial charge in [-0.2, -0.15) is 0 Å². The molecule has 0 radical (unpaired) electrons. The van der Waals surface area contributed by atoms with Gasteiger partial charge in [-0.05, 0) is 43.7 Å². The summed E-state index contributed by atoms with van der Waals surface area (Å²) in [5.41, 5.74) is 1.67. The summed E-state index contributed by atoms with van der Waals surface area (Å²) in [4.78, 5) is 8.36. The van der Waals surface area contributed by atoms with Crippen LogP contribution in [-0.2, 0) is 15.5 Å². The first-order valence-corrected chi connectivity index (χ1v) is 13.0. The Balaban J connectivity index is 0.00000342. The van der Waals surface area contributed by atoms with Gasteiger partial charge < -0.3 is 14.8 Å². The molecule has 0 saturated heterocycles. The average Bonchev–Trinajstić information content (AvgIpc) is 2.74. The summed E-state index contributed by atoms with van der Waals surface area (Å²) in [6.45, 7) is 4.42. The SMILES string of the molecule is CCN=S(C)(=O)Cc1cc2cc(c1)OC(C)CCOc1cc(F)ccc1-c1nc(ncc1F)N2.[HH]. The highest BCUT2D eigenvalue weighted by Gasteiger charge is 2.18. The van der Waals surface area contributed by atoms with Crippen molar-refractivity contribution in [3.8, 4) is 22.8 Å². The van der Waals surface area contributed by atoms with Crippen molar-refractivity contribution >= 4 is 21.4 Å². The minimum atomic E-state index is -2.41. The van der Waals surface area contributed by atoms with Crippen LogP contribution in [0.3, 0.4) is 0 Å². The zero-order chi connectivity index (χ0) is 24.3. The standard InChI is InChI=1S/C24H26F2N4O3S.H2/c1-4-28-34(3,31)14-16-9-18-12-19(10-16)33-15(2)7-8-32-22-11-17(25)5-6-20(22)23-21(26)13-27-24(29-18)30-23;/h5-6,9-13,15H,4,7-8,14H2,1-3H3,(H,27,29,30);1H. The number of halogens is 2. The highest BCUT2D eigenvalue weighted by Crippen LogP contribution is 2.33. The van der Waals surface area contributed by atoms with Crippen LogP contribution in [-0.4, -0.2) is 39.7 Å². The summed E-state index contributed by atoms with van der Waals surface area (Å²) in [5, 5.41) is 3.07. The van der Waals surface area contributed by atoms with Gasteiger partial charge in [0.2, 0.25) is 5.95 Å². The van der Waals surface area contributed by atoms with Gasteiger partial charge in [-0.3, -0.25) is 0 Å². The van der Waals surface area contributed by atoms with Crippen LogP contribution >= 0.6 is 0 Å². The van der Waals surface area contributed by atoms with Crippen LogP contribution in [0, 0.1) is 11.6 Å². The minimum absolute atomic E-state index is 0. The third kappa shape index (κ3) is 5.80. The predicted octanol–water partition coefficient (Wildman–Crippen LogP) is 5.58. The van der Waals surface area contributed by atoms with Gasteiger partial charge in [-0.25, -0.2) is 27.3 Å². The normalized spacial score (nSPS) is 17.1. The second kappa shape index (κ2) is 9.92. The maximum atomic E-state index is 14.7. The molecule has 2 heterocycles. The number of aromatic nitrogens is 2. The van der Waals surface area contributed by atoms with Gasteiger partial charge >= 0.3 is 0 Å². The van der Waals surface area contributed by atoms with E-state index in [1.807, 2.05) is 26.0 Å². The summed E-state index contributed by atoms with van der Waals surface area (Å²) in [7, 11) is -2.41. The van der Waals surface area contributed by atoms with E-state index in [1.54, 1.807) is 12.3 Å². The fraction of sp³-hybridized carbons (Fsp3) is 0.333. The Morgan fingerprint density at radius 1 is 1.26 bits per heavy atom. The molecule has 10 heteroatoms. The lowest BCUT2D eigenvalue weighted by atomic mass is 10.1. The van der Waals surface area contributed by atoms with E-state index in [0.29, 0.717) is 30.0 Å². The largest absolute Gasteiger partial charge is 0.493 e. The first kappa shape index (κ1) is 23.9. The highest BCUT2D eigenvalue weighted by atomic mass is 32.2. The molecular weight excluding hydrogens is 462 g/mol. The van der Waals surface area contributed by atoms with Crippen LogP contribution in [0.1, 0.15) is 27.3 Å². The molecule has 1 aliphatic rings. The van der Waals surface area contributed by atoms with E-state index >= 15 is 0 Å². The van der Waals surface area contributed by atoms with Crippen molar-refractivity contribution in [1.82, 2.24) is 9.97 Å². The number of ether oxygens (including phenoxy) is 2. The maximum Gasteiger partial charge on any atom is 0.227 e. The molecule has 2 aromatic carbocycles. The molecule has 34 heavy (non-hydrogen) atoms. The number of anilines is 2. The molecule has 0 amide bonds. The van der Waals surface area contributed by atoms with Crippen molar-refractivity contribution in [3.63, 3.8) is 0 Å². The molecule has 3 aromatic rings. The fourth-order valence-corrected chi connectivity index (χ4v) is 5.12. The molecular formula is C24H28F2N4O3S. The molecule has 0 aliphatic carbocycles. The van der Waals surface area contributed by atoms with Gasteiger partial charge in [-0.15, -0.1) is 0 Å². The Hall–Kier alpha value is -3.27. The number of nitrogens with zero attached hydrogens (tertiary/aromatic N) is 3. The van der Waals surface area contributed by atoms with Crippen molar-refractivity contribution in [3.05, 3.63) is 59.8 Å². The van der Waals surface area contributed by atoms with Crippen LogP contribution in [0.15, 0.2) is 47.0 Å². The Labute approximate surface area is 199 Å².